The molecule has 6 aromatic rings. The lowest BCUT2D eigenvalue weighted by Gasteiger charge is -2.00. The van der Waals surface area contributed by atoms with E-state index in [0.717, 1.165) is 32.1 Å². The number of hydrogen-bond donors (Lipinski definition) is 0. The first-order valence-corrected chi connectivity index (χ1v) is 9.79. The summed E-state index contributed by atoms with van der Waals surface area (Å²) >= 11 is 1.52. The van der Waals surface area contributed by atoms with Crippen molar-refractivity contribution in [2.45, 2.75) is 6.92 Å². The highest BCUT2D eigenvalue weighted by Crippen LogP contribution is 2.34. The molecule has 0 aliphatic rings. The van der Waals surface area contributed by atoms with Crippen LogP contribution >= 0.6 is 11.3 Å². The molecule has 0 spiro atoms. The Morgan fingerprint density at radius 1 is 0.893 bits per heavy atom. The summed E-state index contributed by atoms with van der Waals surface area (Å²) in [6.07, 6.45) is 0. The van der Waals surface area contributed by atoms with Crippen LogP contribution in [0, 0.1) is 6.92 Å². The third-order valence-corrected chi connectivity index (χ3v) is 5.98. The zero-order valence-electron chi connectivity index (χ0n) is 15.0. The van der Waals surface area contributed by atoms with Crippen molar-refractivity contribution in [3.8, 4) is 22.2 Å². The summed E-state index contributed by atoms with van der Waals surface area (Å²) in [4.78, 5) is 0.748. The highest BCUT2D eigenvalue weighted by Gasteiger charge is 2.20. The standard InChI is InChI=1S/C22H14N4OS/c1-13-17-8-4-5-9-18(17)27-19(13)20-23-24-22-26(20)25-21(28-22)16-11-10-14-6-2-3-7-15(14)12-16/h2-12H,1H3. The Hall–Kier alpha value is -3.51. The second kappa shape index (κ2) is 5.74. The summed E-state index contributed by atoms with van der Waals surface area (Å²) < 4.78 is 7.84. The van der Waals surface area contributed by atoms with Crippen molar-refractivity contribution < 1.29 is 4.42 Å². The van der Waals surface area contributed by atoms with Gasteiger partial charge in [-0.05, 0) is 29.8 Å². The first-order chi connectivity index (χ1) is 13.8. The van der Waals surface area contributed by atoms with Crippen LogP contribution in [0.15, 0.2) is 71.1 Å². The van der Waals surface area contributed by atoms with E-state index < -0.39 is 0 Å². The van der Waals surface area contributed by atoms with E-state index in [2.05, 4.69) is 46.6 Å². The Balaban J connectivity index is 1.52. The van der Waals surface area contributed by atoms with Gasteiger partial charge in [0.05, 0.1) is 0 Å². The molecule has 0 aliphatic heterocycles. The molecule has 0 N–H and O–H groups in total. The second-order valence-electron chi connectivity index (χ2n) is 6.74. The molecule has 3 aromatic carbocycles. The number of furan rings is 1. The van der Waals surface area contributed by atoms with E-state index in [1.54, 1.807) is 4.52 Å². The zero-order valence-corrected chi connectivity index (χ0v) is 15.8. The average Bonchev–Trinajstić information content (AvgIpc) is 3.41. The molecule has 6 heteroatoms. The number of benzene rings is 3. The predicted molar refractivity (Wildman–Crippen MR) is 112 cm³/mol. The van der Waals surface area contributed by atoms with Crippen LogP contribution < -0.4 is 0 Å². The van der Waals surface area contributed by atoms with Gasteiger partial charge in [0.2, 0.25) is 10.8 Å². The summed E-state index contributed by atoms with van der Waals surface area (Å²) in [5.41, 5.74) is 2.96. The lowest BCUT2D eigenvalue weighted by molar-refractivity contribution is 0.619. The minimum absolute atomic E-state index is 0.631. The maximum absolute atomic E-state index is 6.07. The summed E-state index contributed by atoms with van der Waals surface area (Å²) in [5.74, 6) is 1.34. The van der Waals surface area contributed by atoms with Gasteiger partial charge in [0.15, 0.2) is 5.76 Å². The largest absolute Gasteiger partial charge is 0.452 e. The molecule has 5 nitrogen and oxygen atoms in total. The molecule has 134 valence electrons. The van der Waals surface area contributed by atoms with Gasteiger partial charge in [0.25, 0.3) is 0 Å². The highest BCUT2D eigenvalue weighted by atomic mass is 32.1. The van der Waals surface area contributed by atoms with Crippen LogP contribution in [0.5, 0.6) is 0 Å². The van der Waals surface area contributed by atoms with E-state index in [1.807, 2.05) is 37.3 Å². The molecule has 0 radical (unpaired) electrons. The molecule has 0 atom stereocenters. The Morgan fingerprint density at radius 3 is 2.61 bits per heavy atom. The van der Waals surface area contributed by atoms with Gasteiger partial charge >= 0.3 is 0 Å². The summed E-state index contributed by atoms with van der Waals surface area (Å²) in [5, 5.41) is 17.8. The van der Waals surface area contributed by atoms with Crippen molar-refractivity contribution in [2.75, 3.05) is 0 Å². The van der Waals surface area contributed by atoms with Gasteiger partial charge in [-0.15, -0.1) is 10.2 Å². The number of aryl methyl sites for hydroxylation is 1. The van der Waals surface area contributed by atoms with Crippen LogP contribution in [-0.4, -0.2) is 19.8 Å². The van der Waals surface area contributed by atoms with Crippen molar-refractivity contribution >= 4 is 38.0 Å². The number of rotatable bonds is 2. The summed E-state index contributed by atoms with van der Waals surface area (Å²) in [6, 6.07) is 22.7. The first-order valence-electron chi connectivity index (χ1n) is 8.98. The smallest absolute Gasteiger partial charge is 0.235 e. The van der Waals surface area contributed by atoms with Crippen molar-refractivity contribution in [2.24, 2.45) is 0 Å². The Kier molecular flexibility index (Phi) is 3.19. The third kappa shape index (κ3) is 2.21. The lowest BCUT2D eigenvalue weighted by atomic mass is 10.1. The van der Waals surface area contributed by atoms with Gasteiger partial charge in [-0.3, -0.25) is 0 Å². The van der Waals surface area contributed by atoms with Crippen LogP contribution in [0.4, 0.5) is 0 Å². The number of hydrogen-bond acceptors (Lipinski definition) is 5. The minimum Gasteiger partial charge on any atom is -0.452 e. The predicted octanol–water partition coefficient (Wildman–Crippen LogP) is 5.73. The quantitative estimate of drug-likeness (QED) is 0.384. The van der Waals surface area contributed by atoms with Gasteiger partial charge in [-0.2, -0.15) is 9.61 Å². The fourth-order valence-corrected chi connectivity index (χ4v) is 4.42. The Labute approximate surface area is 163 Å². The van der Waals surface area contributed by atoms with Crippen LogP contribution in [0.1, 0.15) is 5.56 Å². The normalized spacial score (nSPS) is 11.8. The molecule has 0 saturated carbocycles. The highest BCUT2D eigenvalue weighted by molar-refractivity contribution is 7.19. The number of para-hydroxylation sites is 1. The maximum Gasteiger partial charge on any atom is 0.235 e. The van der Waals surface area contributed by atoms with E-state index in [-0.39, 0.29) is 0 Å². The molecule has 0 unspecified atom stereocenters. The van der Waals surface area contributed by atoms with Gasteiger partial charge in [0, 0.05) is 16.5 Å². The maximum atomic E-state index is 6.07. The fraction of sp³-hybridized carbons (Fsp3) is 0.0455. The minimum atomic E-state index is 0.631. The zero-order chi connectivity index (χ0) is 18.7. The Morgan fingerprint density at radius 2 is 1.71 bits per heavy atom. The number of aromatic nitrogens is 4. The first kappa shape index (κ1) is 15.5. The van der Waals surface area contributed by atoms with Crippen molar-refractivity contribution in [3.63, 3.8) is 0 Å². The topological polar surface area (TPSA) is 56.2 Å². The van der Waals surface area contributed by atoms with Crippen LogP contribution in [0.3, 0.4) is 0 Å². The monoisotopic (exact) mass is 382 g/mol. The van der Waals surface area contributed by atoms with Gasteiger partial charge < -0.3 is 4.42 Å². The molecule has 28 heavy (non-hydrogen) atoms. The van der Waals surface area contributed by atoms with Gasteiger partial charge in [-0.25, -0.2) is 0 Å². The molecule has 0 fully saturated rings. The lowest BCUT2D eigenvalue weighted by Crippen LogP contribution is -1.91. The molecule has 0 amide bonds. The molecule has 0 bridgehead atoms. The van der Waals surface area contributed by atoms with E-state index in [0.29, 0.717) is 11.6 Å². The molecule has 0 aliphatic carbocycles. The molecule has 3 heterocycles. The van der Waals surface area contributed by atoms with E-state index >= 15 is 0 Å². The Bertz CT molecular complexity index is 1490. The van der Waals surface area contributed by atoms with Crippen LogP contribution in [0.2, 0.25) is 0 Å². The third-order valence-electron chi connectivity index (χ3n) is 5.03. The van der Waals surface area contributed by atoms with Crippen molar-refractivity contribution in [1.82, 2.24) is 19.8 Å². The second-order valence-corrected chi connectivity index (χ2v) is 7.70. The molecule has 3 aromatic heterocycles. The fourth-order valence-electron chi connectivity index (χ4n) is 3.59. The SMILES string of the molecule is Cc1c(-c2nnc3sc(-c4ccc5ccccc5c4)nn23)oc2ccccc12. The van der Waals surface area contributed by atoms with Crippen LogP contribution in [0.25, 0.3) is 48.9 Å². The molecule has 0 saturated heterocycles. The average molecular weight is 382 g/mol. The van der Waals surface area contributed by atoms with Gasteiger partial charge in [0.1, 0.15) is 10.6 Å². The van der Waals surface area contributed by atoms with Crippen LogP contribution in [-0.2, 0) is 0 Å². The van der Waals surface area contributed by atoms with Gasteiger partial charge in [-0.1, -0.05) is 65.9 Å². The number of fused-ring (bicyclic) bond motifs is 3. The van der Waals surface area contributed by atoms with E-state index in [1.165, 1.54) is 22.1 Å². The molecular weight excluding hydrogens is 368 g/mol. The van der Waals surface area contributed by atoms with Crippen molar-refractivity contribution in [1.29, 1.82) is 0 Å². The van der Waals surface area contributed by atoms with E-state index in [9.17, 15) is 0 Å². The number of nitrogens with zero attached hydrogens (tertiary/aromatic N) is 4. The molecule has 6 rings (SSSR count). The van der Waals surface area contributed by atoms with Crippen molar-refractivity contribution in [3.05, 3.63) is 72.3 Å². The molecular formula is C22H14N4OS. The summed E-state index contributed by atoms with van der Waals surface area (Å²) in [6.45, 7) is 2.04. The van der Waals surface area contributed by atoms with E-state index in [4.69, 9.17) is 9.52 Å². The summed E-state index contributed by atoms with van der Waals surface area (Å²) in [7, 11) is 0.